The number of imide groups is 1. The van der Waals surface area contributed by atoms with Crippen molar-refractivity contribution in [2.45, 2.75) is 31.5 Å². The summed E-state index contributed by atoms with van der Waals surface area (Å²) in [5, 5.41) is 6.38. The van der Waals surface area contributed by atoms with Crippen molar-refractivity contribution in [3.63, 3.8) is 0 Å². The molecule has 4 atom stereocenters. The third-order valence-corrected chi connectivity index (χ3v) is 7.26. The molecule has 4 N–H and O–H groups in total. The minimum Gasteiger partial charge on any atom is -0.370 e. The molecule has 2 saturated heterocycles. The lowest BCUT2D eigenvalue weighted by atomic mass is 9.76. The summed E-state index contributed by atoms with van der Waals surface area (Å²) in [7, 11) is 0. The summed E-state index contributed by atoms with van der Waals surface area (Å²) in [4.78, 5) is 53.3. The minimum atomic E-state index is -1.54. The summed E-state index contributed by atoms with van der Waals surface area (Å²) >= 11 is 6.23. The van der Waals surface area contributed by atoms with Gasteiger partial charge in [0.05, 0.1) is 24.1 Å². The predicted molar refractivity (Wildman–Crippen MR) is 116 cm³/mol. The molecular formula is C23H20ClFN4O4. The van der Waals surface area contributed by atoms with Crippen molar-refractivity contribution in [1.29, 1.82) is 0 Å². The number of amides is 4. The van der Waals surface area contributed by atoms with Crippen LogP contribution in [0.4, 0.5) is 10.1 Å². The molecule has 5 rings (SSSR count). The van der Waals surface area contributed by atoms with Gasteiger partial charge in [0, 0.05) is 23.0 Å². The number of fused-ring (bicyclic) bond motifs is 4. The van der Waals surface area contributed by atoms with Gasteiger partial charge >= 0.3 is 0 Å². The molecule has 0 aromatic heterocycles. The van der Waals surface area contributed by atoms with E-state index in [1.165, 1.54) is 24.3 Å². The van der Waals surface area contributed by atoms with E-state index < -0.39 is 52.9 Å². The molecule has 3 aliphatic rings. The van der Waals surface area contributed by atoms with Gasteiger partial charge in [0.1, 0.15) is 11.4 Å². The third kappa shape index (κ3) is 2.99. The summed E-state index contributed by atoms with van der Waals surface area (Å²) in [6.07, 6.45) is -0.221. The smallest absolute Gasteiger partial charge is 0.250 e. The van der Waals surface area contributed by atoms with Gasteiger partial charge in [-0.1, -0.05) is 29.8 Å². The number of halogens is 2. The Kier molecular flexibility index (Phi) is 4.80. The Labute approximate surface area is 193 Å². The van der Waals surface area contributed by atoms with Gasteiger partial charge in [-0.3, -0.25) is 29.4 Å². The molecule has 33 heavy (non-hydrogen) atoms. The largest absolute Gasteiger partial charge is 0.370 e. The Morgan fingerprint density at radius 2 is 1.85 bits per heavy atom. The summed E-state index contributed by atoms with van der Waals surface area (Å²) in [5.74, 6) is -4.66. The molecular weight excluding hydrogens is 451 g/mol. The summed E-state index contributed by atoms with van der Waals surface area (Å²) < 4.78 is 13.3. The summed E-state index contributed by atoms with van der Waals surface area (Å²) in [6.45, 7) is 1.68. The Bertz CT molecular complexity index is 1230. The molecule has 3 heterocycles. The average Bonchev–Trinajstić information content (AvgIpc) is 3.33. The van der Waals surface area contributed by atoms with E-state index in [9.17, 15) is 23.6 Å². The molecule has 0 radical (unpaired) electrons. The highest BCUT2D eigenvalue weighted by Gasteiger charge is 2.70. The van der Waals surface area contributed by atoms with Gasteiger partial charge in [0.15, 0.2) is 0 Å². The first kappa shape index (κ1) is 21.5. The molecule has 8 nitrogen and oxygen atoms in total. The first-order valence-electron chi connectivity index (χ1n) is 10.4. The fraction of sp³-hybridized carbons (Fsp3) is 0.304. The van der Waals surface area contributed by atoms with E-state index in [4.69, 9.17) is 17.3 Å². The zero-order valence-corrected chi connectivity index (χ0v) is 18.3. The Hall–Kier alpha value is -3.30. The zero-order valence-electron chi connectivity index (χ0n) is 17.5. The van der Waals surface area contributed by atoms with Crippen LogP contribution in [0.1, 0.15) is 23.1 Å². The van der Waals surface area contributed by atoms with Crippen molar-refractivity contribution in [3.8, 4) is 0 Å². The molecule has 10 heteroatoms. The van der Waals surface area contributed by atoms with Crippen molar-refractivity contribution in [3.05, 3.63) is 63.9 Å². The highest BCUT2D eigenvalue weighted by molar-refractivity contribution is 6.32. The molecule has 0 saturated carbocycles. The number of primary amides is 1. The first-order valence-corrected chi connectivity index (χ1v) is 10.8. The van der Waals surface area contributed by atoms with Crippen molar-refractivity contribution >= 4 is 40.9 Å². The number of likely N-dealkylation sites (tertiary alicyclic amines) is 1. The van der Waals surface area contributed by atoms with Crippen LogP contribution in [-0.2, 0) is 31.3 Å². The van der Waals surface area contributed by atoms with Gasteiger partial charge in [-0.05, 0) is 36.2 Å². The Morgan fingerprint density at radius 1 is 1.15 bits per heavy atom. The molecule has 0 bridgehead atoms. The molecule has 2 fully saturated rings. The lowest BCUT2D eigenvalue weighted by molar-refractivity contribution is -0.143. The molecule has 170 valence electrons. The number of rotatable bonds is 4. The van der Waals surface area contributed by atoms with Gasteiger partial charge in [-0.15, -0.1) is 0 Å². The van der Waals surface area contributed by atoms with Gasteiger partial charge in [0.25, 0.3) is 0 Å². The highest BCUT2D eigenvalue weighted by Crippen LogP contribution is 2.54. The van der Waals surface area contributed by atoms with Crippen LogP contribution in [0.2, 0.25) is 5.02 Å². The van der Waals surface area contributed by atoms with E-state index in [0.29, 0.717) is 27.4 Å². The van der Waals surface area contributed by atoms with Gasteiger partial charge in [0.2, 0.25) is 23.6 Å². The van der Waals surface area contributed by atoms with Crippen LogP contribution in [0.15, 0.2) is 36.4 Å². The number of nitrogens with one attached hydrogen (secondary N) is 2. The van der Waals surface area contributed by atoms with Crippen LogP contribution in [-0.4, -0.2) is 34.6 Å². The maximum absolute atomic E-state index is 13.6. The van der Waals surface area contributed by atoms with Crippen LogP contribution < -0.4 is 16.4 Å². The molecule has 2 aromatic rings. The van der Waals surface area contributed by atoms with E-state index >= 15 is 0 Å². The molecule has 4 amide bonds. The monoisotopic (exact) mass is 470 g/mol. The minimum absolute atomic E-state index is 0.0710. The number of nitrogens with two attached hydrogens (primary N) is 1. The third-order valence-electron chi connectivity index (χ3n) is 6.85. The highest BCUT2D eigenvalue weighted by atomic mass is 35.5. The topological polar surface area (TPSA) is 122 Å². The standard InChI is InChI=1S/C23H20ClFN4O4/c1-10-14(24)7-6-13-19(10)27-22(33)23(13)18-17(15(28-23)8-16(26)30)20(31)29(21(18)32)9-11-2-4-12(25)5-3-11/h2-7,15,17-18,28H,8-9H2,1H3,(H2,26,30)(H,27,33)/t15?,17-,18+,23?/m1/s1. The first-order chi connectivity index (χ1) is 15.6. The summed E-state index contributed by atoms with van der Waals surface area (Å²) in [6, 6.07) is 7.94. The van der Waals surface area contributed by atoms with Gasteiger partial charge in [-0.2, -0.15) is 0 Å². The number of nitrogens with zero attached hydrogens (tertiary/aromatic N) is 1. The van der Waals surface area contributed by atoms with Crippen LogP contribution in [0.3, 0.4) is 0 Å². The number of benzene rings is 2. The number of hydrogen-bond acceptors (Lipinski definition) is 5. The zero-order chi connectivity index (χ0) is 23.7. The quantitative estimate of drug-likeness (QED) is 0.586. The SMILES string of the molecule is Cc1c(Cl)ccc2c1NC(=O)C21NC(CC(N)=O)[C@H]2C(=O)N(Cc3ccc(F)cc3)C(=O)[C@H]21. The molecule has 2 aromatic carbocycles. The van der Waals surface area contributed by atoms with Crippen LogP contribution in [0.5, 0.6) is 0 Å². The van der Waals surface area contributed by atoms with Crippen molar-refractivity contribution < 1.29 is 23.6 Å². The fourth-order valence-electron chi connectivity index (χ4n) is 5.37. The Morgan fingerprint density at radius 3 is 2.52 bits per heavy atom. The fourth-order valence-corrected chi connectivity index (χ4v) is 5.53. The lowest BCUT2D eigenvalue weighted by Gasteiger charge is -2.29. The van der Waals surface area contributed by atoms with Crippen LogP contribution in [0, 0.1) is 24.6 Å². The number of carbonyl (C=O) groups excluding carboxylic acids is 4. The molecule has 3 aliphatic heterocycles. The molecule has 2 unspecified atom stereocenters. The van der Waals surface area contributed by atoms with Crippen molar-refractivity contribution in [2.24, 2.45) is 17.6 Å². The van der Waals surface area contributed by atoms with Gasteiger partial charge in [-0.25, -0.2) is 4.39 Å². The second kappa shape index (κ2) is 7.36. The summed E-state index contributed by atoms with van der Waals surface area (Å²) in [5.41, 5.74) is 6.06. The van der Waals surface area contributed by atoms with Crippen LogP contribution >= 0.6 is 11.6 Å². The van der Waals surface area contributed by atoms with E-state index in [2.05, 4.69) is 10.6 Å². The van der Waals surface area contributed by atoms with E-state index in [0.717, 1.165) is 4.90 Å². The van der Waals surface area contributed by atoms with E-state index in [-0.39, 0.29) is 13.0 Å². The second-order valence-corrected chi connectivity index (χ2v) is 9.08. The van der Waals surface area contributed by atoms with E-state index in [1.807, 2.05) is 0 Å². The maximum atomic E-state index is 13.6. The number of hydrogen-bond donors (Lipinski definition) is 3. The second-order valence-electron chi connectivity index (χ2n) is 8.67. The Balaban J connectivity index is 1.61. The molecule has 1 spiro atoms. The maximum Gasteiger partial charge on any atom is 0.250 e. The number of anilines is 1. The van der Waals surface area contributed by atoms with Crippen molar-refractivity contribution in [1.82, 2.24) is 10.2 Å². The molecule has 0 aliphatic carbocycles. The van der Waals surface area contributed by atoms with Gasteiger partial charge < -0.3 is 11.1 Å². The average molecular weight is 471 g/mol. The number of carbonyl (C=O) groups is 4. The lowest BCUT2D eigenvalue weighted by Crippen LogP contribution is -2.53. The van der Waals surface area contributed by atoms with E-state index in [1.54, 1.807) is 19.1 Å². The van der Waals surface area contributed by atoms with Crippen molar-refractivity contribution in [2.75, 3.05) is 5.32 Å². The van der Waals surface area contributed by atoms with Crippen LogP contribution in [0.25, 0.3) is 0 Å². The predicted octanol–water partition coefficient (Wildman–Crippen LogP) is 1.58. The normalized spacial score (nSPS) is 27.8.